The smallest absolute Gasteiger partial charge is 0.244 e. The van der Waals surface area contributed by atoms with Crippen molar-refractivity contribution < 1.29 is 18.0 Å². The molecule has 0 aliphatic heterocycles. The van der Waals surface area contributed by atoms with Crippen molar-refractivity contribution in [1.29, 1.82) is 0 Å². The molecule has 1 atom stereocenters. The quantitative estimate of drug-likeness (QED) is 0.297. The molecule has 0 saturated heterocycles. The molecule has 3 aromatic carbocycles. The Morgan fingerprint density at radius 2 is 1.62 bits per heavy atom. The zero-order valence-electron chi connectivity index (χ0n) is 20.6. The highest BCUT2D eigenvalue weighted by atomic mass is 127. The van der Waals surface area contributed by atoms with Crippen LogP contribution in [0.1, 0.15) is 18.1 Å². The van der Waals surface area contributed by atoms with Crippen molar-refractivity contribution in [2.24, 2.45) is 0 Å². The van der Waals surface area contributed by atoms with E-state index in [0.29, 0.717) is 12.2 Å². The third kappa shape index (κ3) is 8.54. The van der Waals surface area contributed by atoms with E-state index in [4.69, 9.17) is 0 Å². The first-order valence-corrected chi connectivity index (χ1v) is 15.4. The van der Waals surface area contributed by atoms with Gasteiger partial charge in [-0.05, 0) is 77.0 Å². The third-order valence-electron chi connectivity index (χ3n) is 5.66. The number of sulfonamides is 1. The van der Waals surface area contributed by atoms with Crippen LogP contribution in [-0.2, 0) is 32.6 Å². The van der Waals surface area contributed by atoms with E-state index in [2.05, 4.69) is 43.8 Å². The molecule has 0 heterocycles. The SMILES string of the molecule is CCNC(=O)C(Cc1ccccc1)N(Cc1cccc(Br)c1)C(=O)CN(c1ccc(I)cc1)S(C)(=O)=O. The number of anilines is 1. The standard InChI is InChI=1S/C27H29BrIN3O4S/c1-3-30-27(34)25(17-20-8-5-4-6-9-20)31(18-21-10-7-11-22(28)16-21)26(33)19-32(37(2,35)36)24-14-12-23(29)13-15-24/h4-16,25H,3,17-19H2,1-2H3,(H,30,34). The average molecular weight is 698 g/mol. The fourth-order valence-corrected chi connectivity index (χ4v) is 5.55. The van der Waals surface area contributed by atoms with E-state index in [-0.39, 0.29) is 18.9 Å². The van der Waals surface area contributed by atoms with Gasteiger partial charge in [0.1, 0.15) is 12.6 Å². The monoisotopic (exact) mass is 697 g/mol. The molecular formula is C27H29BrIN3O4S. The van der Waals surface area contributed by atoms with Crippen LogP contribution in [0.4, 0.5) is 5.69 Å². The molecule has 7 nitrogen and oxygen atoms in total. The minimum atomic E-state index is -3.78. The summed E-state index contributed by atoms with van der Waals surface area (Å²) in [6.07, 6.45) is 1.36. The van der Waals surface area contributed by atoms with Crippen LogP contribution in [0.3, 0.4) is 0 Å². The molecule has 2 amide bonds. The first-order chi connectivity index (χ1) is 17.6. The molecule has 0 aromatic heterocycles. The van der Waals surface area contributed by atoms with Gasteiger partial charge in [-0.3, -0.25) is 13.9 Å². The topological polar surface area (TPSA) is 86.8 Å². The summed E-state index contributed by atoms with van der Waals surface area (Å²) in [5.74, 6) is -0.772. The normalized spacial score (nSPS) is 12.0. The van der Waals surface area contributed by atoms with Gasteiger partial charge in [-0.25, -0.2) is 8.42 Å². The van der Waals surface area contributed by atoms with E-state index in [1.165, 1.54) is 4.90 Å². The lowest BCUT2D eigenvalue weighted by atomic mass is 10.0. The number of nitrogens with one attached hydrogen (secondary N) is 1. The van der Waals surface area contributed by atoms with Crippen molar-refractivity contribution >= 4 is 66.0 Å². The Labute approximate surface area is 240 Å². The summed E-state index contributed by atoms with van der Waals surface area (Å²) in [6.45, 7) is 1.93. The lowest BCUT2D eigenvalue weighted by molar-refractivity contribution is -0.140. The number of carbonyl (C=O) groups excluding carboxylic acids is 2. The van der Waals surface area contributed by atoms with Crippen LogP contribution in [0, 0.1) is 3.57 Å². The van der Waals surface area contributed by atoms with Gasteiger partial charge in [-0.15, -0.1) is 0 Å². The van der Waals surface area contributed by atoms with Crippen LogP contribution in [0.25, 0.3) is 0 Å². The van der Waals surface area contributed by atoms with Gasteiger partial charge in [0, 0.05) is 27.6 Å². The molecule has 1 unspecified atom stereocenters. The maximum atomic E-state index is 13.9. The number of halogens is 2. The highest BCUT2D eigenvalue weighted by Gasteiger charge is 2.32. The van der Waals surface area contributed by atoms with Crippen molar-refractivity contribution in [3.05, 3.63) is 98.0 Å². The molecule has 10 heteroatoms. The van der Waals surface area contributed by atoms with Crippen LogP contribution >= 0.6 is 38.5 Å². The van der Waals surface area contributed by atoms with Gasteiger partial charge in [0.15, 0.2) is 0 Å². The van der Waals surface area contributed by atoms with Crippen molar-refractivity contribution in [2.75, 3.05) is 23.7 Å². The maximum absolute atomic E-state index is 13.9. The molecule has 0 bridgehead atoms. The minimum absolute atomic E-state index is 0.136. The number of amides is 2. The fraction of sp³-hybridized carbons (Fsp3) is 0.259. The molecule has 3 aromatic rings. The van der Waals surface area contributed by atoms with E-state index >= 15 is 0 Å². The summed E-state index contributed by atoms with van der Waals surface area (Å²) in [4.78, 5) is 28.7. The molecule has 196 valence electrons. The first-order valence-electron chi connectivity index (χ1n) is 11.7. The van der Waals surface area contributed by atoms with Gasteiger partial charge in [0.2, 0.25) is 21.8 Å². The Kier molecular flexibility index (Phi) is 10.5. The molecule has 0 spiro atoms. The van der Waals surface area contributed by atoms with E-state index in [9.17, 15) is 18.0 Å². The van der Waals surface area contributed by atoms with Gasteiger partial charge in [0.05, 0.1) is 11.9 Å². The van der Waals surface area contributed by atoms with Crippen molar-refractivity contribution in [3.63, 3.8) is 0 Å². The summed E-state index contributed by atoms with van der Waals surface area (Å²) in [6, 6.07) is 23.0. The predicted molar refractivity (Wildman–Crippen MR) is 159 cm³/mol. The molecule has 1 N–H and O–H groups in total. The van der Waals surface area contributed by atoms with Gasteiger partial charge in [0.25, 0.3) is 0 Å². The van der Waals surface area contributed by atoms with Crippen LogP contribution < -0.4 is 9.62 Å². The molecular weight excluding hydrogens is 669 g/mol. The number of hydrogen-bond acceptors (Lipinski definition) is 4. The lowest BCUT2D eigenvalue weighted by Crippen LogP contribution is -2.53. The van der Waals surface area contributed by atoms with E-state index in [1.807, 2.05) is 61.5 Å². The number of likely N-dealkylation sites (N-methyl/N-ethyl adjacent to an activating group) is 1. The highest BCUT2D eigenvalue weighted by molar-refractivity contribution is 14.1. The summed E-state index contributed by atoms with van der Waals surface area (Å²) in [5.41, 5.74) is 2.09. The van der Waals surface area contributed by atoms with Crippen LogP contribution in [0.2, 0.25) is 0 Å². The molecule has 0 saturated carbocycles. The average Bonchev–Trinajstić information content (AvgIpc) is 2.85. The Bertz CT molecular complexity index is 1320. The maximum Gasteiger partial charge on any atom is 0.244 e. The van der Waals surface area contributed by atoms with Crippen molar-refractivity contribution in [2.45, 2.75) is 25.9 Å². The van der Waals surface area contributed by atoms with E-state index in [1.54, 1.807) is 24.3 Å². The fourth-order valence-electron chi connectivity index (χ4n) is 3.90. The summed E-state index contributed by atoms with van der Waals surface area (Å²) in [7, 11) is -3.78. The van der Waals surface area contributed by atoms with Gasteiger partial charge >= 0.3 is 0 Å². The molecule has 37 heavy (non-hydrogen) atoms. The van der Waals surface area contributed by atoms with Gasteiger partial charge in [-0.2, -0.15) is 0 Å². The van der Waals surface area contributed by atoms with E-state index < -0.39 is 28.5 Å². The first kappa shape index (κ1) is 29.1. The number of carbonyl (C=O) groups is 2. The summed E-state index contributed by atoms with van der Waals surface area (Å²) < 4.78 is 28.3. The summed E-state index contributed by atoms with van der Waals surface area (Å²) in [5, 5.41) is 2.85. The molecule has 0 aliphatic carbocycles. The van der Waals surface area contributed by atoms with Crippen molar-refractivity contribution in [3.8, 4) is 0 Å². The third-order valence-corrected chi connectivity index (χ3v) is 8.01. The minimum Gasteiger partial charge on any atom is -0.355 e. The second-order valence-electron chi connectivity index (χ2n) is 8.50. The highest BCUT2D eigenvalue weighted by Crippen LogP contribution is 2.22. The lowest BCUT2D eigenvalue weighted by Gasteiger charge is -2.33. The van der Waals surface area contributed by atoms with E-state index in [0.717, 1.165) is 29.7 Å². The Hall–Kier alpha value is -2.44. The zero-order valence-corrected chi connectivity index (χ0v) is 25.2. The Morgan fingerprint density at radius 3 is 2.22 bits per heavy atom. The largest absolute Gasteiger partial charge is 0.355 e. The molecule has 3 rings (SSSR count). The number of hydrogen-bond donors (Lipinski definition) is 1. The molecule has 0 radical (unpaired) electrons. The predicted octanol–water partition coefficient (Wildman–Crippen LogP) is 4.60. The van der Waals surface area contributed by atoms with Crippen LogP contribution in [-0.4, -0.2) is 50.5 Å². The molecule has 0 aliphatic rings. The Balaban J connectivity index is 2.03. The zero-order chi connectivity index (χ0) is 27.0. The van der Waals surface area contributed by atoms with Crippen molar-refractivity contribution in [1.82, 2.24) is 10.2 Å². The number of nitrogens with zero attached hydrogens (tertiary/aromatic N) is 2. The van der Waals surface area contributed by atoms with Gasteiger partial charge < -0.3 is 10.2 Å². The second-order valence-corrected chi connectivity index (χ2v) is 12.6. The van der Waals surface area contributed by atoms with Crippen LogP contribution in [0.15, 0.2) is 83.3 Å². The Morgan fingerprint density at radius 1 is 0.973 bits per heavy atom. The van der Waals surface area contributed by atoms with Gasteiger partial charge in [-0.1, -0.05) is 58.4 Å². The second kappa shape index (κ2) is 13.4. The van der Waals surface area contributed by atoms with Crippen LogP contribution in [0.5, 0.6) is 0 Å². The summed E-state index contributed by atoms with van der Waals surface area (Å²) >= 11 is 5.60. The number of benzene rings is 3. The number of rotatable bonds is 11. The molecule has 0 fully saturated rings.